The molecule has 2 rings (SSSR count). The van der Waals surface area contributed by atoms with Crippen molar-refractivity contribution >= 4 is 5.91 Å². The molecule has 0 aromatic carbocycles. The van der Waals surface area contributed by atoms with Crippen molar-refractivity contribution in [2.75, 3.05) is 19.6 Å². The van der Waals surface area contributed by atoms with Gasteiger partial charge >= 0.3 is 0 Å². The van der Waals surface area contributed by atoms with E-state index >= 15 is 0 Å². The Morgan fingerprint density at radius 1 is 1.37 bits per heavy atom. The lowest BCUT2D eigenvalue weighted by molar-refractivity contribution is -0.124. The van der Waals surface area contributed by atoms with Crippen LogP contribution in [0.25, 0.3) is 0 Å². The Hall–Kier alpha value is -0.610. The number of hydrogen-bond donors (Lipinski definition) is 3. The lowest BCUT2D eigenvalue weighted by Gasteiger charge is -2.32. The maximum Gasteiger partial charge on any atom is 0.220 e. The lowest BCUT2D eigenvalue weighted by atomic mass is 9.83. The maximum atomic E-state index is 12.2. The van der Waals surface area contributed by atoms with Crippen molar-refractivity contribution in [3.8, 4) is 0 Å². The summed E-state index contributed by atoms with van der Waals surface area (Å²) in [5.41, 5.74) is 5.67. The highest BCUT2D eigenvalue weighted by Crippen LogP contribution is 2.39. The second kappa shape index (κ2) is 6.23. The molecule has 0 spiro atoms. The van der Waals surface area contributed by atoms with E-state index in [1.165, 1.54) is 25.7 Å². The van der Waals surface area contributed by atoms with E-state index in [9.17, 15) is 4.79 Å². The molecular weight excluding hydrogens is 238 g/mol. The highest BCUT2D eigenvalue weighted by Gasteiger charge is 2.41. The van der Waals surface area contributed by atoms with Crippen molar-refractivity contribution in [3.05, 3.63) is 0 Å². The van der Waals surface area contributed by atoms with E-state index in [1.54, 1.807) is 0 Å². The quantitative estimate of drug-likeness (QED) is 0.678. The number of amides is 1. The molecule has 1 aliphatic carbocycles. The molecular formula is C15H29N3O. The summed E-state index contributed by atoms with van der Waals surface area (Å²) in [5.74, 6) is 1.95. The van der Waals surface area contributed by atoms with Crippen molar-refractivity contribution in [1.29, 1.82) is 0 Å². The first-order valence-corrected chi connectivity index (χ1v) is 7.77. The van der Waals surface area contributed by atoms with Gasteiger partial charge in [-0.25, -0.2) is 0 Å². The summed E-state index contributed by atoms with van der Waals surface area (Å²) in [6.07, 6.45) is 5.46. The van der Waals surface area contributed by atoms with Crippen molar-refractivity contribution in [3.63, 3.8) is 0 Å². The molecule has 4 N–H and O–H groups in total. The number of rotatable bonds is 6. The average Bonchev–Trinajstić information content (AvgIpc) is 3.24. The molecule has 1 saturated carbocycles. The van der Waals surface area contributed by atoms with Gasteiger partial charge in [0, 0.05) is 13.0 Å². The van der Waals surface area contributed by atoms with Crippen molar-refractivity contribution in [2.24, 2.45) is 23.5 Å². The minimum Gasteiger partial charge on any atom is -0.349 e. The third-order valence-corrected chi connectivity index (χ3v) is 5.02. The van der Waals surface area contributed by atoms with Crippen LogP contribution < -0.4 is 16.4 Å². The number of hydrogen-bond acceptors (Lipinski definition) is 3. The lowest BCUT2D eigenvalue weighted by Crippen LogP contribution is -2.53. The molecule has 19 heavy (non-hydrogen) atoms. The monoisotopic (exact) mass is 267 g/mol. The highest BCUT2D eigenvalue weighted by atomic mass is 16.1. The van der Waals surface area contributed by atoms with Gasteiger partial charge in [0.2, 0.25) is 5.91 Å². The zero-order valence-electron chi connectivity index (χ0n) is 12.4. The number of carbonyl (C=O) groups is 1. The molecule has 2 fully saturated rings. The van der Waals surface area contributed by atoms with Crippen molar-refractivity contribution in [1.82, 2.24) is 10.6 Å². The molecule has 0 bridgehead atoms. The van der Waals surface area contributed by atoms with E-state index in [0.29, 0.717) is 30.7 Å². The molecule has 1 saturated heterocycles. The van der Waals surface area contributed by atoms with Crippen LogP contribution in [0.15, 0.2) is 0 Å². The van der Waals surface area contributed by atoms with Gasteiger partial charge in [-0.2, -0.15) is 0 Å². The van der Waals surface area contributed by atoms with E-state index in [0.717, 1.165) is 13.1 Å². The van der Waals surface area contributed by atoms with Crippen LogP contribution >= 0.6 is 0 Å². The van der Waals surface area contributed by atoms with E-state index in [-0.39, 0.29) is 11.4 Å². The van der Waals surface area contributed by atoms with Crippen LogP contribution in [0.5, 0.6) is 0 Å². The summed E-state index contributed by atoms with van der Waals surface area (Å²) < 4.78 is 0. The van der Waals surface area contributed by atoms with Crippen LogP contribution in [0.2, 0.25) is 0 Å². The molecule has 0 aromatic rings. The molecule has 4 nitrogen and oxygen atoms in total. The summed E-state index contributed by atoms with van der Waals surface area (Å²) in [7, 11) is 0. The summed E-state index contributed by atoms with van der Waals surface area (Å²) in [6, 6.07) is 0. The van der Waals surface area contributed by atoms with Gasteiger partial charge in [0.25, 0.3) is 0 Å². The Labute approximate surface area is 116 Å². The van der Waals surface area contributed by atoms with Crippen molar-refractivity contribution in [2.45, 2.75) is 51.5 Å². The summed E-state index contributed by atoms with van der Waals surface area (Å²) in [4.78, 5) is 12.2. The second-order valence-corrected chi connectivity index (χ2v) is 6.71. The number of nitrogens with two attached hydrogens (primary N) is 1. The van der Waals surface area contributed by atoms with Crippen LogP contribution in [0.1, 0.15) is 46.0 Å². The number of nitrogens with one attached hydrogen (secondary N) is 2. The van der Waals surface area contributed by atoms with E-state index in [2.05, 4.69) is 24.5 Å². The van der Waals surface area contributed by atoms with Crippen molar-refractivity contribution < 1.29 is 4.79 Å². The van der Waals surface area contributed by atoms with E-state index in [4.69, 9.17) is 5.73 Å². The molecule has 1 heterocycles. The predicted octanol–water partition coefficient (Wildman–Crippen LogP) is 1.26. The maximum absolute atomic E-state index is 12.2. The van der Waals surface area contributed by atoms with Gasteiger partial charge in [-0.05, 0) is 63.5 Å². The molecule has 110 valence electrons. The molecule has 2 atom stereocenters. The van der Waals surface area contributed by atoms with Gasteiger partial charge < -0.3 is 16.4 Å². The smallest absolute Gasteiger partial charge is 0.220 e. The van der Waals surface area contributed by atoms with Crippen LogP contribution in [0.3, 0.4) is 0 Å². The van der Waals surface area contributed by atoms with E-state index < -0.39 is 0 Å². The van der Waals surface area contributed by atoms with Gasteiger partial charge in [-0.3, -0.25) is 4.79 Å². The Kier molecular flexibility index (Phi) is 4.85. The molecule has 1 amide bonds. The Morgan fingerprint density at radius 2 is 2.00 bits per heavy atom. The SMILES string of the molecule is CC(CC(=O)NC(C)(CN)C1CC1)C1CCNCC1. The first kappa shape index (κ1) is 14.8. The third-order valence-electron chi connectivity index (χ3n) is 5.02. The van der Waals surface area contributed by atoms with E-state index in [1.807, 2.05) is 0 Å². The normalized spacial score (nSPS) is 25.6. The van der Waals surface area contributed by atoms with Crippen LogP contribution in [0.4, 0.5) is 0 Å². The summed E-state index contributed by atoms with van der Waals surface area (Å²) in [5, 5.41) is 6.57. The molecule has 4 heteroatoms. The van der Waals surface area contributed by atoms with Crippen LogP contribution in [-0.2, 0) is 4.79 Å². The van der Waals surface area contributed by atoms with Gasteiger partial charge in [-0.15, -0.1) is 0 Å². The number of carbonyl (C=O) groups excluding carboxylic acids is 1. The Balaban J connectivity index is 1.79. The fourth-order valence-corrected chi connectivity index (χ4v) is 3.28. The highest BCUT2D eigenvalue weighted by molar-refractivity contribution is 5.77. The molecule has 2 unspecified atom stereocenters. The molecule has 0 radical (unpaired) electrons. The van der Waals surface area contributed by atoms with Gasteiger partial charge in [-0.1, -0.05) is 6.92 Å². The Morgan fingerprint density at radius 3 is 2.53 bits per heavy atom. The first-order chi connectivity index (χ1) is 9.05. The van der Waals surface area contributed by atoms with Gasteiger partial charge in [0.05, 0.1) is 5.54 Å². The zero-order chi connectivity index (χ0) is 13.9. The standard InChI is InChI=1S/C15H29N3O/c1-11(12-5-7-17-8-6-12)9-14(19)18-15(2,10-16)13-3-4-13/h11-13,17H,3-10,16H2,1-2H3,(H,18,19). The third kappa shape index (κ3) is 3.93. The topological polar surface area (TPSA) is 67.2 Å². The average molecular weight is 267 g/mol. The fourth-order valence-electron chi connectivity index (χ4n) is 3.28. The predicted molar refractivity (Wildman–Crippen MR) is 77.7 cm³/mol. The number of piperidine rings is 1. The molecule has 0 aromatic heterocycles. The molecule has 2 aliphatic rings. The largest absolute Gasteiger partial charge is 0.349 e. The Bertz CT molecular complexity index is 311. The minimum absolute atomic E-state index is 0.176. The summed E-state index contributed by atoms with van der Waals surface area (Å²) in [6.45, 7) is 7.05. The first-order valence-electron chi connectivity index (χ1n) is 7.77. The van der Waals surface area contributed by atoms with Crippen LogP contribution in [-0.4, -0.2) is 31.1 Å². The minimum atomic E-state index is -0.176. The zero-order valence-corrected chi connectivity index (χ0v) is 12.4. The van der Waals surface area contributed by atoms with Gasteiger partial charge in [0.1, 0.15) is 0 Å². The van der Waals surface area contributed by atoms with Crippen LogP contribution in [0, 0.1) is 17.8 Å². The second-order valence-electron chi connectivity index (χ2n) is 6.71. The van der Waals surface area contributed by atoms with Gasteiger partial charge in [0.15, 0.2) is 0 Å². The fraction of sp³-hybridized carbons (Fsp3) is 0.933. The molecule has 1 aliphatic heterocycles. The summed E-state index contributed by atoms with van der Waals surface area (Å²) >= 11 is 0.